The van der Waals surface area contributed by atoms with Crippen molar-refractivity contribution in [3.63, 3.8) is 0 Å². The molecule has 3 rings (SSSR count). The van der Waals surface area contributed by atoms with Crippen LogP contribution < -0.4 is 4.90 Å². The van der Waals surface area contributed by atoms with Crippen molar-refractivity contribution in [1.82, 2.24) is 4.31 Å². The fourth-order valence-corrected chi connectivity index (χ4v) is 5.80. The smallest absolute Gasteiger partial charge is 0.230 e. The average Bonchev–Trinajstić information content (AvgIpc) is 2.66. The molecule has 0 spiro atoms. The molecule has 0 bridgehead atoms. The van der Waals surface area contributed by atoms with E-state index in [9.17, 15) is 13.2 Å². The second kappa shape index (κ2) is 8.09. The molecule has 26 heavy (non-hydrogen) atoms. The number of para-hydroxylation sites is 1. The van der Waals surface area contributed by atoms with Crippen molar-refractivity contribution in [3.05, 3.63) is 29.3 Å². The zero-order valence-corrected chi connectivity index (χ0v) is 16.7. The van der Waals surface area contributed by atoms with Gasteiger partial charge < -0.3 is 4.90 Å². The highest BCUT2D eigenvalue weighted by atomic mass is 32.2. The summed E-state index contributed by atoms with van der Waals surface area (Å²) in [5.74, 6) is 0.324. The van der Waals surface area contributed by atoms with Gasteiger partial charge in [-0.25, -0.2) is 12.7 Å². The molecular formula is C20H30N2O3S. The molecule has 0 aliphatic carbocycles. The number of carbonyl (C=O) groups excluding carboxylic acids is 1. The number of hydrogen-bond acceptors (Lipinski definition) is 3. The van der Waals surface area contributed by atoms with E-state index in [4.69, 9.17) is 0 Å². The molecule has 0 N–H and O–H groups in total. The summed E-state index contributed by atoms with van der Waals surface area (Å²) in [6, 6.07) is 6.24. The molecule has 2 aliphatic rings. The second-order valence-corrected chi connectivity index (χ2v) is 9.61. The molecule has 0 atom stereocenters. The van der Waals surface area contributed by atoms with Crippen LogP contribution in [0.1, 0.15) is 50.2 Å². The second-order valence-electron chi connectivity index (χ2n) is 7.52. The molecule has 0 unspecified atom stereocenters. The Morgan fingerprint density at radius 3 is 2.62 bits per heavy atom. The van der Waals surface area contributed by atoms with Crippen LogP contribution >= 0.6 is 0 Å². The predicted octanol–water partition coefficient (Wildman–Crippen LogP) is 3.12. The van der Waals surface area contributed by atoms with Crippen LogP contribution in [0.3, 0.4) is 0 Å². The molecule has 6 heteroatoms. The molecule has 1 saturated heterocycles. The molecule has 5 nitrogen and oxygen atoms in total. The molecule has 2 aliphatic heterocycles. The number of unbranched alkanes of at least 4 members (excludes halogenated alkanes) is 1. The Morgan fingerprint density at radius 2 is 1.92 bits per heavy atom. The third-order valence-electron chi connectivity index (χ3n) is 5.64. The normalized spacial score (nSPS) is 19.4. The van der Waals surface area contributed by atoms with Crippen LogP contribution in [0.15, 0.2) is 18.2 Å². The Bertz CT molecular complexity index is 752. The van der Waals surface area contributed by atoms with Crippen molar-refractivity contribution in [2.45, 2.75) is 52.4 Å². The lowest BCUT2D eigenvalue weighted by Gasteiger charge is -2.36. The Labute approximate surface area is 157 Å². The van der Waals surface area contributed by atoms with Gasteiger partial charge >= 0.3 is 0 Å². The van der Waals surface area contributed by atoms with Gasteiger partial charge in [0.2, 0.25) is 15.9 Å². The van der Waals surface area contributed by atoms with Crippen molar-refractivity contribution >= 4 is 21.6 Å². The van der Waals surface area contributed by atoms with Crippen LogP contribution in [0.25, 0.3) is 0 Å². The Hall–Kier alpha value is -1.40. The number of piperidine rings is 1. The summed E-state index contributed by atoms with van der Waals surface area (Å²) in [5, 5.41) is 0. The maximum Gasteiger partial charge on any atom is 0.230 e. The number of fused-ring (bicyclic) bond motifs is 1. The number of sulfonamides is 1. The van der Waals surface area contributed by atoms with Crippen LogP contribution in [0, 0.1) is 12.8 Å². The number of benzene rings is 1. The SMILES string of the molecule is CCCCS(=O)(=O)N1CCC(C(=O)N2CCCc3cccc(C)c32)CC1. The number of rotatable bonds is 5. The van der Waals surface area contributed by atoms with E-state index >= 15 is 0 Å². The number of hydrogen-bond donors (Lipinski definition) is 0. The van der Waals surface area contributed by atoms with Crippen molar-refractivity contribution in [2.24, 2.45) is 5.92 Å². The lowest BCUT2D eigenvalue weighted by atomic mass is 9.93. The van der Waals surface area contributed by atoms with Gasteiger partial charge in [-0.3, -0.25) is 4.79 Å². The van der Waals surface area contributed by atoms with Gasteiger partial charge in [0, 0.05) is 31.2 Å². The predicted molar refractivity (Wildman–Crippen MR) is 105 cm³/mol. The van der Waals surface area contributed by atoms with Crippen molar-refractivity contribution in [1.29, 1.82) is 0 Å². The topological polar surface area (TPSA) is 57.7 Å². The van der Waals surface area contributed by atoms with E-state index in [2.05, 4.69) is 25.1 Å². The van der Waals surface area contributed by atoms with Gasteiger partial charge in [-0.1, -0.05) is 31.5 Å². The Kier molecular flexibility index (Phi) is 6.03. The minimum absolute atomic E-state index is 0.0711. The van der Waals surface area contributed by atoms with E-state index in [1.807, 2.05) is 11.8 Å². The third-order valence-corrected chi connectivity index (χ3v) is 7.59. The third kappa shape index (κ3) is 3.96. The zero-order valence-electron chi connectivity index (χ0n) is 15.9. The number of aryl methyl sites for hydroxylation is 2. The Balaban J connectivity index is 1.67. The van der Waals surface area contributed by atoms with Gasteiger partial charge in [-0.05, 0) is 50.2 Å². The summed E-state index contributed by atoms with van der Waals surface area (Å²) in [5.41, 5.74) is 3.49. The van der Waals surface area contributed by atoms with Gasteiger partial charge in [-0.2, -0.15) is 0 Å². The molecule has 0 saturated carbocycles. The highest BCUT2D eigenvalue weighted by Crippen LogP contribution is 2.33. The molecule has 0 radical (unpaired) electrons. The van der Waals surface area contributed by atoms with Crippen LogP contribution in [0.4, 0.5) is 5.69 Å². The fourth-order valence-electron chi connectivity index (χ4n) is 4.12. The van der Waals surface area contributed by atoms with Gasteiger partial charge in [0.25, 0.3) is 0 Å². The first-order valence-corrected chi connectivity index (χ1v) is 11.4. The van der Waals surface area contributed by atoms with Crippen LogP contribution in [-0.4, -0.2) is 44.0 Å². The van der Waals surface area contributed by atoms with Crippen molar-refractivity contribution in [2.75, 3.05) is 30.3 Å². The van der Waals surface area contributed by atoms with Crippen LogP contribution in [0.2, 0.25) is 0 Å². The standard InChI is InChI=1S/C20H30N2O3S/c1-3-4-15-26(24,25)21-13-10-18(11-14-21)20(23)22-12-6-9-17-8-5-7-16(2)19(17)22/h5,7-8,18H,3-4,6,9-15H2,1-2H3. The molecule has 1 aromatic rings. The summed E-state index contributed by atoms with van der Waals surface area (Å²) in [6.07, 6.45) is 4.85. The first kappa shape index (κ1) is 19.4. The summed E-state index contributed by atoms with van der Waals surface area (Å²) in [6.45, 7) is 5.77. The first-order valence-electron chi connectivity index (χ1n) is 9.81. The van der Waals surface area contributed by atoms with E-state index in [0.29, 0.717) is 32.4 Å². The molecular weight excluding hydrogens is 348 g/mol. The van der Waals surface area contributed by atoms with Gasteiger partial charge in [-0.15, -0.1) is 0 Å². The van der Waals surface area contributed by atoms with Crippen molar-refractivity contribution in [3.8, 4) is 0 Å². The minimum atomic E-state index is -3.17. The molecule has 1 fully saturated rings. The maximum atomic E-state index is 13.2. The van der Waals surface area contributed by atoms with E-state index in [0.717, 1.165) is 37.1 Å². The number of amides is 1. The van der Waals surface area contributed by atoms with Gasteiger partial charge in [0.05, 0.1) is 5.75 Å². The maximum absolute atomic E-state index is 13.2. The number of anilines is 1. The first-order chi connectivity index (χ1) is 12.4. The monoisotopic (exact) mass is 378 g/mol. The Morgan fingerprint density at radius 1 is 1.19 bits per heavy atom. The molecule has 0 aromatic heterocycles. The molecule has 1 aromatic carbocycles. The summed E-state index contributed by atoms with van der Waals surface area (Å²) in [4.78, 5) is 15.1. The quantitative estimate of drug-likeness (QED) is 0.791. The lowest BCUT2D eigenvalue weighted by Crippen LogP contribution is -2.46. The average molecular weight is 379 g/mol. The minimum Gasteiger partial charge on any atom is -0.312 e. The molecule has 1 amide bonds. The van der Waals surface area contributed by atoms with Crippen molar-refractivity contribution < 1.29 is 13.2 Å². The zero-order chi connectivity index (χ0) is 18.7. The highest BCUT2D eigenvalue weighted by molar-refractivity contribution is 7.89. The summed E-state index contributed by atoms with van der Waals surface area (Å²) >= 11 is 0. The van der Waals surface area contributed by atoms with E-state index in [-0.39, 0.29) is 17.6 Å². The number of nitrogens with zero attached hydrogens (tertiary/aromatic N) is 2. The lowest BCUT2D eigenvalue weighted by molar-refractivity contribution is -0.123. The van der Waals surface area contributed by atoms with Crippen LogP contribution in [0.5, 0.6) is 0 Å². The van der Waals surface area contributed by atoms with Gasteiger partial charge in [0.1, 0.15) is 0 Å². The fraction of sp³-hybridized carbons (Fsp3) is 0.650. The highest BCUT2D eigenvalue weighted by Gasteiger charge is 2.34. The van der Waals surface area contributed by atoms with Gasteiger partial charge in [0.15, 0.2) is 0 Å². The van der Waals surface area contributed by atoms with E-state index in [1.165, 1.54) is 5.56 Å². The van der Waals surface area contributed by atoms with Crippen LogP contribution in [-0.2, 0) is 21.2 Å². The summed E-state index contributed by atoms with van der Waals surface area (Å²) < 4.78 is 26.3. The van der Waals surface area contributed by atoms with E-state index in [1.54, 1.807) is 4.31 Å². The summed E-state index contributed by atoms with van der Waals surface area (Å²) in [7, 11) is -3.17. The van der Waals surface area contributed by atoms with E-state index < -0.39 is 10.0 Å². The molecule has 144 valence electrons. The number of carbonyl (C=O) groups is 1. The molecule has 2 heterocycles. The largest absolute Gasteiger partial charge is 0.312 e.